The van der Waals surface area contributed by atoms with E-state index in [9.17, 15) is 14.0 Å². The van der Waals surface area contributed by atoms with Crippen LogP contribution in [0.4, 0.5) is 20.6 Å². The number of carbonyl (C=O) groups is 2. The molecule has 0 heterocycles. The van der Waals surface area contributed by atoms with Gasteiger partial charge in [0.15, 0.2) is 0 Å². The highest BCUT2D eigenvalue weighted by atomic mass is 79.9. The summed E-state index contributed by atoms with van der Waals surface area (Å²) in [6.45, 7) is 0. The van der Waals surface area contributed by atoms with Gasteiger partial charge in [-0.15, -0.1) is 0 Å². The lowest BCUT2D eigenvalue weighted by atomic mass is 10.2. The van der Waals surface area contributed by atoms with Crippen molar-refractivity contribution in [1.29, 1.82) is 0 Å². The van der Waals surface area contributed by atoms with Crippen LogP contribution in [-0.2, 0) is 0 Å². The smallest absolute Gasteiger partial charge is 0.318 e. The molecule has 0 atom stereocenters. The van der Waals surface area contributed by atoms with Gasteiger partial charge in [0, 0.05) is 24.0 Å². The molecule has 2 aromatic rings. The van der Waals surface area contributed by atoms with Crippen LogP contribution in [0.15, 0.2) is 46.9 Å². The van der Waals surface area contributed by atoms with E-state index in [-0.39, 0.29) is 10.4 Å². The van der Waals surface area contributed by atoms with Gasteiger partial charge in [-0.25, -0.2) is 9.18 Å². The third-order valence-electron chi connectivity index (χ3n) is 3.00. The molecule has 5 nitrogen and oxygen atoms in total. The number of benzene rings is 2. The van der Waals surface area contributed by atoms with Gasteiger partial charge >= 0.3 is 6.03 Å². The molecule has 0 aliphatic carbocycles. The summed E-state index contributed by atoms with van der Waals surface area (Å²) < 4.78 is 13.4. The maximum atomic E-state index is 13.2. The number of carbonyl (C=O) groups excluding carboxylic acids is 2. The van der Waals surface area contributed by atoms with E-state index in [4.69, 9.17) is 5.73 Å². The minimum atomic E-state index is -0.606. The van der Waals surface area contributed by atoms with Crippen LogP contribution >= 0.6 is 15.9 Å². The molecule has 2 rings (SSSR count). The lowest BCUT2D eigenvalue weighted by Crippen LogP contribution is -2.31. The first-order chi connectivity index (χ1) is 10.4. The average molecular weight is 366 g/mol. The second-order valence-electron chi connectivity index (χ2n) is 4.53. The number of nitrogens with one attached hydrogen (secondary N) is 1. The molecule has 0 aromatic heterocycles. The molecule has 7 heteroatoms. The van der Waals surface area contributed by atoms with Crippen molar-refractivity contribution in [3.63, 3.8) is 0 Å². The van der Waals surface area contributed by atoms with Crippen LogP contribution in [0.2, 0.25) is 0 Å². The lowest BCUT2D eigenvalue weighted by Gasteiger charge is -2.15. The number of hydrogen-bond donors (Lipinski definition) is 2. The number of halogens is 2. The summed E-state index contributed by atoms with van der Waals surface area (Å²) in [6.07, 6.45) is 0. The van der Waals surface area contributed by atoms with Gasteiger partial charge in [0.2, 0.25) is 0 Å². The molecule has 0 fully saturated rings. The minimum Gasteiger partial charge on any atom is -0.351 e. The van der Waals surface area contributed by atoms with Crippen molar-refractivity contribution >= 4 is 39.2 Å². The number of nitrogens with zero attached hydrogens (tertiary/aromatic N) is 1. The topological polar surface area (TPSA) is 75.4 Å². The molecule has 0 bridgehead atoms. The molecule has 0 spiro atoms. The van der Waals surface area contributed by atoms with Crippen molar-refractivity contribution in [3.05, 3.63) is 58.3 Å². The average Bonchev–Trinajstić information content (AvgIpc) is 2.49. The normalized spacial score (nSPS) is 10.1. The molecule has 114 valence electrons. The summed E-state index contributed by atoms with van der Waals surface area (Å²) in [5, 5.41) is 2.68. The Morgan fingerprint density at radius 1 is 1.23 bits per heavy atom. The summed E-state index contributed by atoms with van der Waals surface area (Å²) in [5.41, 5.74) is 6.55. The standard InChI is InChI=1S/C15H13BrFN3O2/c1-20(15(18)22)11-4-2-3-10(8-11)19-14(21)9-5-6-13(17)12(16)7-9/h2-8H,1H3,(H2,18,22)(H,19,21). The van der Waals surface area contributed by atoms with Crippen LogP contribution in [0.1, 0.15) is 10.4 Å². The van der Waals surface area contributed by atoms with Crippen LogP contribution in [0, 0.1) is 5.82 Å². The Hall–Kier alpha value is -2.41. The highest BCUT2D eigenvalue weighted by molar-refractivity contribution is 9.10. The van der Waals surface area contributed by atoms with Gasteiger partial charge in [0.25, 0.3) is 5.91 Å². The molecule has 0 saturated carbocycles. The van der Waals surface area contributed by atoms with Crippen molar-refractivity contribution in [1.82, 2.24) is 0 Å². The van der Waals surface area contributed by atoms with Crippen LogP contribution in [0.5, 0.6) is 0 Å². The third-order valence-corrected chi connectivity index (χ3v) is 3.61. The van der Waals surface area contributed by atoms with E-state index >= 15 is 0 Å². The number of hydrogen-bond acceptors (Lipinski definition) is 2. The molecule has 3 N–H and O–H groups in total. The van der Waals surface area contributed by atoms with E-state index in [1.807, 2.05) is 0 Å². The summed E-state index contributed by atoms with van der Waals surface area (Å²) in [6, 6.07) is 10.0. The Balaban J connectivity index is 2.19. The molecule has 0 radical (unpaired) electrons. The van der Waals surface area contributed by atoms with Crippen LogP contribution in [-0.4, -0.2) is 19.0 Å². The monoisotopic (exact) mass is 365 g/mol. The number of urea groups is 1. The van der Waals surface area contributed by atoms with Crippen LogP contribution in [0.3, 0.4) is 0 Å². The zero-order valence-electron chi connectivity index (χ0n) is 11.6. The van der Waals surface area contributed by atoms with E-state index < -0.39 is 11.8 Å². The molecular weight excluding hydrogens is 353 g/mol. The van der Waals surface area contributed by atoms with Crippen LogP contribution < -0.4 is 16.0 Å². The maximum absolute atomic E-state index is 13.2. The van der Waals surface area contributed by atoms with Crippen molar-refractivity contribution in [3.8, 4) is 0 Å². The highest BCUT2D eigenvalue weighted by Crippen LogP contribution is 2.21. The minimum absolute atomic E-state index is 0.211. The summed E-state index contributed by atoms with van der Waals surface area (Å²) in [5.74, 6) is -0.832. The SMILES string of the molecule is CN(C(N)=O)c1cccc(NC(=O)c2ccc(F)c(Br)c2)c1. The number of primary amides is 1. The van der Waals surface area contributed by atoms with Gasteiger partial charge in [-0.05, 0) is 52.3 Å². The quantitative estimate of drug-likeness (QED) is 0.874. The molecule has 0 aliphatic rings. The lowest BCUT2D eigenvalue weighted by molar-refractivity contribution is 0.102. The van der Waals surface area contributed by atoms with Crippen molar-refractivity contribution in [2.45, 2.75) is 0 Å². The Kier molecular flexibility index (Phi) is 4.77. The Labute approximate surface area is 135 Å². The van der Waals surface area contributed by atoms with Crippen LogP contribution in [0.25, 0.3) is 0 Å². The summed E-state index contributed by atoms with van der Waals surface area (Å²) >= 11 is 3.03. The molecule has 0 unspecified atom stereocenters. The van der Waals surface area contributed by atoms with E-state index in [1.54, 1.807) is 24.3 Å². The van der Waals surface area contributed by atoms with Gasteiger partial charge in [-0.1, -0.05) is 6.07 Å². The summed E-state index contributed by atoms with van der Waals surface area (Å²) in [7, 11) is 1.53. The highest BCUT2D eigenvalue weighted by Gasteiger charge is 2.11. The van der Waals surface area contributed by atoms with Gasteiger partial charge in [-0.3, -0.25) is 9.69 Å². The Morgan fingerprint density at radius 3 is 2.59 bits per heavy atom. The van der Waals surface area contributed by atoms with Crippen molar-refractivity contribution in [2.75, 3.05) is 17.3 Å². The van der Waals surface area contributed by atoms with Gasteiger partial charge in [-0.2, -0.15) is 0 Å². The molecule has 3 amide bonds. The molecule has 0 saturated heterocycles. The number of nitrogens with two attached hydrogens (primary N) is 1. The second-order valence-corrected chi connectivity index (χ2v) is 5.38. The fourth-order valence-corrected chi connectivity index (χ4v) is 2.14. The molecule has 0 aliphatic heterocycles. The zero-order chi connectivity index (χ0) is 16.3. The molecule has 2 aromatic carbocycles. The largest absolute Gasteiger partial charge is 0.351 e. The van der Waals surface area contributed by atoms with Crippen molar-refractivity contribution in [2.24, 2.45) is 5.73 Å². The number of amides is 3. The maximum Gasteiger partial charge on any atom is 0.318 e. The fourth-order valence-electron chi connectivity index (χ4n) is 1.76. The zero-order valence-corrected chi connectivity index (χ0v) is 13.2. The fraction of sp³-hybridized carbons (Fsp3) is 0.0667. The van der Waals surface area contributed by atoms with Gasteiger partial charge < -0.3 is 11.1 Å². The Bertz CT molecular complexity index is 736. The molecule has 22 heavy (non-hydrogen) atoms. The van der Waals surface area contributed by atoms with E-state index in [0.717, 1.165) is 0 Å². The van der Waals surface area contributed by atoms with Gasteiger partial charge in [0.05, 0.1) is 4.47 Å². The predicted molar refractivity (Wildman–Crippen MR) is 86.5 cm³/mol. The number of anilines is 2. The van der Waals surface area contributed by atoms with E-state index in [0.29, 0.717) is 16.9 Å². The first-order valence-corrected chi connectivity index (χ1v) is 7.07. The molecular formula is C15H13BrFN3O2. The first kappa shape index (κ1) is 16.0. The van der Waals surface area contributed by atoms with Crippen molar-refractivity contribution < 1.29 is 14.0 Å². The van der Waals surface area contributed by atoms with Gasteiger partial charge in [0.1, 0.15) is 5.82 Å². The van der Waals surface area contributed by atoms with E-state index in [1.165, 1.54) is 30.1 Å². The number of rotatable bonds is 3. The predicted octanol–water partition coefficient (Wildman–Crippen LogP) is 3.36. The Morgan fingerprint density at radius 2 is 1.95 bits per heavy atom. The van der Waals surface area contributed by atoms with E-state index in [2.05, 4.69) is 21.2 Å². The summed E-state index contributed by atoms with van der Waals surface area (Å²) in [4.78, 5) is 24.5. The second kappa shape index (κ2) is 6.57. The third kappa shape index (κ3) is 3.62. The first-order valence-electron chi connectivity index (χ1n) is 6.28.